The lowest BCUT2D eigenvalue weighted by atomic mass is 10.1. The van der Waals surface area contributed by atoms with Crippen LogP contribution in [0.2, 0.25) is 5.02 Å². The van der Waals surface area contributed by atoms with Gasteiger partial charge < -0.3 is 5.11 Å². The largest absolute Gasteiger partial charge is 0.387 e. The van der Waals surface area contributed by atoms with Crippen molar-refractivity contribution in [1.29, 1.82) is 0 Å². The maximum atomic E-state index is 9.47. The number of aryl methyl sites for hydroxylation is 1. The quantitative estimate of drug-likeness (QED) is 0.802. The Balaban J connectivity index is 2.73. The summed E-state index contributed by atoms with van der Waals surface area (Å²) in [6.45, 7) is 3.70. The second kappa shape index (κ2) is 3.80. The van der Waals surface area contributed by atoms with Crippen LogP contribution in [0.5, 0.6) is 0 Å². The van der Waals surface area contributed by atoms with Gasteiger partial charge in [0.15, 0.2) is 0 Å². The van der Waals surface area contributed by atoms with E-state index < -0.39 is 6.10 Å². The lowest BCUT2D eigenvalue weighted by Crippen LogP contribution is -1.97. The van der Waals surface area contributed by atoms with E-state index in [1.807, 2.05) is 31.2 Å². The van der Waals surface area contributed by atoms with Crippen LogP contribution in [-0.2, 0) is 0 Å². The first-order valence-corrected chi connectivity index (χ1v) is 5.20. The molecule has 0 saturated heterocycles. The van der Waals surface area contributed by atoms with E-state index in [4.69, 9.17) is 11.6 Å². The Morgan fingerprint density at radius 2 is 2.07 bits per heavy atom. The van der Waals surface area contributed by atoms with Crippen LogP contribution in [0.4, 0.5) is 0 Å². The molecule has 0 aliphatic heterocycles. The molecule has 0 bridgehead atoms. The zero-order valence-corrected chi connectivity index (χ0v) is 9.42. The molecule has 2 nitrogen and oxygen atoms in total. The summed E-state index contributed by atoms with van der Waals surface area (Å²) in [5, 5.41) is 11.2. The fraction of sp³-hybridized carbons (Fsp3) is 0.250. The van der Waals surface area contributed by atoms with Gasteiger partial charge in [0, 0.05) is 10.4 Å². The lowest BCUT2D eigenvalue weighted by molar-refractivity contribution is 0.194. The Hall–Kier alpha value is -1.12. The van der Waals surface area contributed by atoms with Crippen LogP contribution >= 0.6 is 11.6 Å². The van der Waals surface area contributed by atoms with Gasteiger partial charge in [0.25, 0.3) is 0 Å². The average molecular weight is 222 g/mol. The summed E-state index contributed by atoms with van der Waals surface area (Å²) in [6.07, 6.45) is -0.538. The number of rotatable bonds is 1. The van der Waals surface area contributed by atoms with Crippen LogP contribution in [0.15, 0.2) is 24.3 Å². The Morgan fingerprint density at radius 3 is 2.73 bits per heavy atom. The molecule has 0 fully saturated rings. The molecule has 2 rings (SSSR count). The predicted octanol–water partition coefficient (Wildman–Crippen LogP) is 3.25. The molecule has 0 aliphatic rings. The number of hydrogen-bond acceptors (Lipinski definition) is 2. The van der Waals surface area contributed by atoms with Crippen molar-refractivity contribution in [3.05, 3.63) is 40.5 Å². The molecule has 1 atom stereocenters. The Kier molecular flexibility index (Phi) is 2.63. The maximum absolute atomic E-state index is 9.47. The van der Waals surface area contributed by atoms with E-state index >= 15 is 0 Å². The highest BCUT2D eigenvalue weighted by Gasteiger charge is 2.07. The molecule has 0 amide bonds. The molecule has 1 unspecified atom stereocenters. The Labute approximate surface area is 93.5 Å². The summed E-state index contributed by atoms with van der Waals surface area (Å²) in [4.78, 5) is 4.37. The fourth-order valence-electron chi connectivity index (χ4n) is 1.61. The Bertz CT molecular complexity index is 508. The summed E-state index contributed by atoms with van der Waals surface area (Å²) in [6, 6.07) is 7.47. The second-order valence-corrected chi connectivity index (χ2v) is 4.14. The minimum atomic E-state index is -0.538. The zero-order chi connectivity index (χ0) is 11.0. The molecular formula is C12H12ClNO. The number of nitrogens with zero attached hydrogens (tertiary/aromatic N) is 1. The van der Waals surface area contributed by atoms with E-state index in [9.17, 15) is 5.11 Å². The lowest BCUT2D eigenvalue weighted by Gasteiger charge is -2.08. The molecule has 0 spiro atoms. The molecule has 3 heteroatoms. The third-order valence-electron chi connectivity index (χ3n) is 2.43. The SMILES string of the molecule is Cc1cc(C(C)O)nc2ccc(Cl)cc12. The zero-order valence-electron chi connectivity index (χ0n) is 8.66. The van der Waals surface area contributed by atoms with E-state index in [1.54, 1.807) is 6.92 Å². The summed E-state index contributed by atoms with van der Waals surface area (Å²) in [7, 11) is 0. The highest BCUT2D eigenvalue weighted by molar-refractivity contribution is 6.31. The van der Waals surface area contributed by atoms with Gasteiger partial charge in [-0.2, -0.15) is 0 Å². The smallest absolute Gasteiger partial charge is 0.0932 e. The molecule has 1 N–H and O–H groups in total. The van der Waals surface area contributed by atoms with Crippen molar-refractivity contribution in [1.82, 2.24) is 4.98 Å². The molecule has 0 aliphatic carbocycles. The van der Waals surface area contributed by atoms with E-state index in [2.05, 4.69) is 4.98 Å². The highest BCUT2D eigenvalue weighted by Crippen LogP contribution is 2.23. The van der Waals surface area contributed by atoms with E-state index in [1.165, 1.54) is 0 Å². The van der Waals surface area contributed by atoms with Gasteiger partial charge in [0.05, 0.1) is 17.3 Å². The van der Waals surface area contributed by atoms with Gasteiger partial charge in [-0.3, -0.25) is 4.98 Å². The fourth-order valence-corrected chi connectivity index (χ4v) is 1.78. The van der Waals surface area contributed by atoms with Gasteiger partial charge in [0.2, 0.25) is 0 Å². The van der Waals surface area contributed by atoms with Gasteiger partial charge in [-0.1, -0.05) is 11.6 Å². The number of aliphatic hydroxyl groups is 1. The first kappa shape index (κ1) is 10.4. The third-order valence-corrected chi connectivity index (χ3v) is 2.66. The van der Waals surface area contributed by atoms with Gasteiger partial charge in [-0.05, 0) is 43.7 Å². The van der Waals surface area contributed by atoms with Crippen LogP contribution in [0.25, 0.3) is 10.9 Å². The van der Waals surface area contributed by atoms with Gasteiger partial charge in [-0.15, -0.1) is 0 Å². The van der Waals surface area contributed by atoms with Crippen LogP contribution in [-0.4, -0.2) is 10.1 Å². The van der Waals surface area contributed by atoms with Crippen molar-refractivity contribution in [2.75, 3.05) is 0 Å². The molecule has 0 radical (unpaired) electrons. The number of benzene rings is 1. The molecule has 1 heterocycles. The molecule has 2 aromatic rings. The van der Waals surface area contributed by atoms with Crippen molar-refractivity contribution in [2.45, 2.75) is 20.0 Å². The van der Waals surface area contributed by atoms with E-state index in [0.717, 1.165) is 16.5 Å². The molecule has 1 aromatic heterocycles. The summed E-state index contributed by atoms with van der Waals surface area (Å²) in [5.41, 5.74) is 2.65. The highest BCUT2D eigenvalue weighted by atomic mass is 35.5. The normalized spacial score (nSPS) is 13.1. The van der Waals surface area contributed by atoms with Crippen LogP contribution in [0.1, 0.15) is 24.3 Å². The standard InChI is InChI=1S/C12H12ClNO/c1-7-5-12(8(2)15)14-11-4-3-9(13)6-10(7)11/h3-6,8,15H,1-2H3. The minimum Gasteiger partial charge on any atom is -0.387 e. The first-order valence-electron chi connectivity index (χ1n) is 4.83. The summed E-state index contributed by atoms with van der Waals surface area (Å²) < 4.78 is 0. The molecule has 0 saturated carbocycles. The maximum Gasteiger partial charge on any atom is 0.0932 e. The number of fused-ring (bicyclic) bond motifs is 1. The number of aliphatic hydroxyl groups excluding tert-OH is 1. The molecule has 78 valence electrons. The van der Waals surface area contributed by atoms with Crippen molar-refractivity contribution >= 4 is 22.5 Å². The van der Waals surface area contributed by atoms with Crippen molar-refractivity contribution in [3.8, 4) is 0 Å². The number of hydrogen-bond donors (Lipinski definition) is 1. The van der Waals surface area contributed by atoms with Crippen molar-refractivity contribution < 1.29 is 5.11 Å². The Morgan fingerprint density at radius 1 is 1.33 bits per heavy atom. The van der Waals surface area contributed by atoms with Crippen LogP contribution < -0.4 is 0 Å². The van der Waals surface area contributed by atoms with Gasteiger partial charge >= 0.3 is 0 Å². The van der Waals surface area contributed by atoms with Crippen LogP contribution in [0.3, 0.4) is 0 Å². The van der Waals surface area contributed by atoms with Crippen molar-refractivity contribution in [2.24, 2.45) is 0 Å². The number of pyridine rings is 1. The van der Waals surface area contributed by atoms with Crippen molar-refractivity contribution in [3.63, 3.8) is 0 Å². The second-order valence-electron chi connectivity index (χ2n) is 3.70. The summed E-state index contributed by atoms with van der Waals surface area (Å²) >= 11 is 5.92. The predicted molar refractivity (Wildman–Crippen MR) is 62.1 cm³/mol. The number of aromatic nitrogens is 1. The van der Waals surface area contributed by atoms with Gasteiger partial charge in [0.1, 0.15) is 0 Å². The number of halogens is 1. The van der Waals surface area contributed by atoms with E-state index in [0.29, 0.717) is 10.7 Å². The topological polar surface area (TPSA) is 33.1 Å². The van der Waals surface area contributed by atoms with Crippen LogP contribution in [0, 0.1) is 6.92 Å². The summed E-state index contributed by atoms with van der Waals surface area (Å²) in [5.74, 6) is 0. The van der Waals surface area contributed by atoms with Gasteiger partial charge in [-0.25, -0.2) is 0 Å². The molecular weight excluding hydrogens is 210 g/mol. The minimum absolute atomic E-state index is 0.538. The first-order chi connectivity index (χ1) is 7.08. The monoisotopic (exact) mass is 221 g/mol. The third kappa shape index (κ3) is 1.96. The average Bonchev–Trinajstić information content (AvgIpc) is 2.18. The molecule has 15 heavy (non-hydrogen) atoms. The molecule has 1 aromatic carbocycles. The van der Waals surface area contributed by atoms with E-state index in [-0.39, 0.29) is 0 Å².